The van der Waals surface area contributed by atoms with E-state index in [1.54, 1.807) is 30.6 Å². The lowest BCUT2D eigenvalue weighted by atomic mass is 9.99. The average molecular weight is 262 g/mol. The van der Waals surface area contributed by atoms with Crippen LogP contribution in [-0.4, -0.2) is 9.97 Å². The number of nitrogens with one attached hydrogen (secondary N) is 1. The van der Waals surface area contributed by atoms with E-state index in [2.05, 4.69) is 9.97 Å². The molecule has 1 aromatic carbocycles. The molecule has 0 aliphatic carbocycles. The average Bonchev–Trinajstić information content (AvgIpc) is 2.81. The van der Waals surface area contributed by atoms with Gasteiger partial charge < -0.3 is 4.98 Å². The molecule has 0 bridgehead atoms. The highest BCUT2D eigenvalue weighted by Crippen LogP contribution is 2.38. The van der Waals surface area contributed by atoms with Crippen LogP contribution in [0.3, 0.4) is 0 Å². The standard InChI is InChI=1S/C14H9F3N2/c15-14(16,17)12-6-2-1-4-9(12)11-8-19-13-10(11)5-3-7-18-13/h1-8H,(H,18,19). The monoisotopic (exact) mass is 262 g/mol. The maximum absolute atomic E-state index is 13.0. The Morgan fingerprint density at radius 1 is 0.947 bits per heavy atom. The van der Waals surface area contributed by atoms with Gasteiger partial charge in [0, 0.05) is 23.3 Å². The summed E-state index contributed by atoms with van der Waals surface area (Å²) in [5.74, 6) is 0. The molecule has 0 amide bonds. The SMILES string of the molecule is FC(F)(F)c1ccccc1-c1c[nH]c2ncccc12. The van der Waals surface area contributed by atoms with Crippen molar-refractivity contribution in [2.24, 2.45) is 0 Å². The van der Waals surface area contributed by atoms with Crippen molar-refractivity contribution in [3.63, 3.8) is 0 Å². The minimum Gasteiger partial charge on any atom is -0.346 e. The van der Waals surface area contributed by atoms with Crippen molar-refractivity contribution in [2.45, 2.75) is 6.18 Å². The molecule has 0 aliphatic rings. The van der Waals surface area contributed by atoms with Crippen molar-refractivity contribution in [3.05, 3.63) is 54.4 Å². The molecule has 1 N–H and O–H groups in total. The molecule has 0 unspecified atom stereocenters. The Morgan fingerprint density at radius 3 is 2.53 bits per heavy atom. The third-order valence-corrected chi connectivity index (χ3v) is 2.97. The van der Waals surface area contributed by atoms with Crippen molar-refractivity contribution in [3.8, 4) is 11.1 Å². The number of aromatic nitrogens is 2. The largest absolute Gasteiger partial charge is 0.417 e. The van der Waals surface area contributed by atoms with E-state index in [4.69, 9.17) is 0 Å². The molecule has 0 saturated heterocycles. The first kappa shape index (κ1) is 11.8. The molecule has 19 heavy (non-hydrogen) atoms. The second-order valence-corrected chi connectivity index (χ2v) is 4.15. The van der Waals surface area contributed by atoms with Crippen molar-refractivity contribution < 1.29 is 13.2 Å². The van der Waals surface area contributed by atoms with E-state index in [1.807, 2.05) is 0 Å². The van der Waals surface area contributed by atoms with Crippen LogP contribution in [-0.2, 0) is 6.18 Å². The van der Waals surface area contributed by atoms with E-state index in [0.29, 0.717) is 16.6 Å². The third-order valence-electron chi connectivity index (χ3n) is 2.97. The number of alkyl halides is 3. The van der Waals surface area contributed by atoms with Gasteiger partial charge in [0.25, 0.3) is 0 Å². The van der Waals surface area contributed by atoms with Crippen LogP contribution in [0, 0.1) is 0 Å². The highest BCUT2D eigenvalue weighted by atomic mass is 19.4. The van der Waals surface area contributed by atoms with Gasteiger partial charge in [-0.1, -0.05) is 18.2 Å². The minimum absolute atomic E-state index is 0.161. The third kappa shape index (κ3) is 1.97. The highest BCUT2D eigenvalue weighted by Gasteiger charge is 2.33. The van der Waals surface area contributed by atoms with Crippen LogP contribution < -0.4 is 0 Å². The Bertz CT molecular complexity index is 729. The van der Waals surface area contributed by atoms with Crippen LogP contribution in [0.1, 0.15) is 5.56 Å². The Kier molecular flexibility index (Phi) is 2.55. The predicted octanol–water partition coefficient (Wildman–Crippen LogP) is 4.25. The molecule has 0 aliphatic heterocycles. The van der Waals surface area contributed by atoms with Gasteiger partial charge >= 0.3 is 6.18 Å². The zero-order valence-electron chi connectivity index (χ0n) is 9.70. The number of hydrogen-bond acceptors (Lipinski definition) is 1. The summed E-state index contributed by atoms with van der Waals surface area (Å²) in [5, 5.41) is 0.680. The summed E-state index contributed by atoms with van der Waals surface area (Å²) in [7, 11) is 0. The van der Waals surface area contributed by atoms with Gasteiger partial charge in [-0.25, -0.2) is 4.98 Å². The second kappa shape index (κ2) is 4.12. The van der Waals surface area contributed by atoms with E-state index in [9.17, 15) is 13.2 Å². The Labute approximate surface area is 106 Å². The van der Waals surface area contributed by atoms with E-state index >= 15 is 0 Å². The van der Waals surface area contributed by atoms with Crippen molar-refractivity contribution in [1.29, 1.82) is 0 Å². The number of aromatic amines is 1. The van der Waals surface area contributed by atoms with Gasteiger partial charge in [-0.3, -0.25) is 0 Å². The summed E-state index contributed by atoms with van der Waals surface area (Å²) >= 11 is 0. The van der Waals surface area contributed by atoms with Gasteiger partial charge in [-0.2, -0.15) is 13.2 Å². The fraction of sp³-hybridized carbons (Fsp3) is 0.0714. The first-order chi connectivity index (χ1) is 9.07. The minimum atomic E-state index is -4.37. The molecule has 0 atom stereocenters. The normalized spacial score (nSPS) is 11.9. The maximum atomic E-state index is 13.0. The van der Waals surface area contributed by atoms with Gasteiger partial charge in [-0.15, -0.1) is 0 Å². The van der Waals surface area contributed by atoms with Gasteiger partial charge in [0.2, 0.25) is 0 Å². The number of fused-ring (bicyclic) bond motifs is 1. The van der Waals surface area contributed by atoms with Crippen molar-refractivity contribution in [1.82, 2.24) is 9.97 Å². The molecule has 0 saturated carbocycles. The smallest absolute Gasteiger partial charge is 0.346 e. The number of pyridine rings is 1. The summed E-state index contributed by atoms with van der Waals surface area (Å²) < 4.78 is 39.0. The quantitative estimate of drug-likeness (QED) is 0.697. The number of H-pyrrole nitrogens is 1. The van der Waals surface area contributed by atoms with E-state index in [-0.39, 0.29) is 5.56 Å². The molecule has 0 radical (unpaired) electrons. The van der Waals surface area contributed by atoms with E-state index < -0.39 is 11.7 Å². The van der Waals surface area contributed by atoms with Crippen LogP contribution in [0.4, 0.5) is 13.2 Å². The Morgan fingerprint density at radius 2 is 1.74 bits per heavy atom. The summed E-state index contributed by atoms with van der Waals surface area (Å²) in [5.41, 5.74) is 0.611. The predicted molar refractivity (Wildman–Crippen MR) is 66.5 cm³/mol. The molecule has 0 spiro atoms. The molecule has 3 rings (SSSR count). The highest BCUT2D eigenvalue weighted by molar-refractivity contribution is 5.94. The second-order valence-electron chi connectivity index (χ2n) is 4.15. The van der Waals surface area contributed by atoms with Gasteiger partial charge in [0.05, 0.1) is 5.56 Å². The number of benzene rings is 1. The number of hydrogen-bond donors (Lipinski definition) is 1. The molecular formula is C14H9F3N2. The lowest BCUT2D eigenvalue weighted by Crippen LogP contribution is -2.06. The lowest BCUT2D eigenvalue weighted by molar-refractivity contribution is -0.137. The number of nitrogens with zero attached hydrogens (tertiary/aromatic N) is 1. The molecule has 2 aromatic heterocycles. The molecular weight excluding hydrogens is 253 g/mol. The first-order valence-corrected chi connectivity index (χ1v) is 5.66. The van der Waals surface area contributed by atoms with Crippen LogP contribution in [0.15, 0.2) is 48.8 Å². The number of rotatable bonds is 1. The van der Waals surface area contributed by atoms with Crippen LogP contribution in [0.25, 0.3) is 22.2 Å². The fourth-order valence-corrected chi connectivity index (χ4v) is 2.14. The Balaban J connectivity index is 2.28. The Hall–Kier alpha value is -2.30. The van der Waals surface area contributed by atoms with Crippen LogP contribution in [0.5, 0.6) is 0 Å². The maximum Gasteiger partial charge on any atom is 0.417 e. The molecule has 5 heteroatoms. The van der Waals surface area contributed by atoms with Crippen LogP contribution >= 0.6 is 0 Å². The molecule has 96 valence electrons. The summed E-state index contributed by atoms with van der Waals surface area (Å²) in [4.78, 5) is 6.97. The number of halogens is 3. The molecule has 2 nitrogen and oxygen atoms in total. The summed E-state index contributed by atoms with van der Waals surface area (Å²) in [6.45, 7) is 0. The zero-order chi connectivity index (χ0) is 13.5. The van der Waals surface area contributed by atoms with E-state index in [1.165, 1.54) is 12.1 Å². The summed E-state index contributed by atoms with van der Waals surface area (Å²) in [6.07, 6.45) is -1.22. The van der Waals surface area contributed by atoms with Gasteiger partial charge in [0.1, 0.15) is 5.65 Å². The van der Waals surface area contributed by atoms with Gasteiger partial charge in [-0.05, 0) is 23.8 Å². The van der Waals surface area contributed by atoms with Crippen molar-refractivity contribution in [2.75, 3.05) is 0 Å². The summed E-state index contributed by atoms with van der Waals surface area (Å²) in [6, 6.07) is 9.00. The molecule has 2 heterocycles. The molecule has 3 aromatic rings. The zero-order valence-corrected chi connectivity index (χ0v) is 9.70. The first-order valence-electron chi connectivity index (χ1n) is 5.66. The van der Waals surface area contributed by atoms with Crippen LogP contribution in [0.2, 0.25) is 0 Å². The lowest BCUT2D eigenvalue weighted by Gasteiger charge is -2.11. The topological polar surface area (TPSA) is 28.7 Å². The van der Waals surface area contributed by atoms with Gasteiger partial charge in [0.15, 0.2) is 0 Å². The van der Waals surface area contributed by atoms with Crippen molar-refractivity contribution >= 4 is 11.0 Å². The molecule has 0 fully saturated rings. The fourth-order valence-electron chi connectivity index (χ4n) is 2.14. The van der Waals surface area contributed by atoms with E-state index in [0.717, 1.165) is 6.07 Å².